The van der Waals surface area contributed by atoms with Crippen LogP contribution in [0.4, 0.5) is 11.5 Å². The summed E-state index contributed by atoms with van der Waals surface area (Å²) in [6.45, 7) is 4.35. The molecule has 2 heterocycles. The molecule has 2 rings (SSSR count). The molecule has 88 valence electrons. The Morgan fingerprint density at radius 1 is 1.62 bits per heavy atom. The molecular formula is C10H15N3O3. The van der Waals surface area contributed by atoms with E-state index in [9.17, 15) is 5.21 Å². The van der Waals surface area contributed by atoms with Gasteiger partial charge >= 0.3 is 0 Å². The van der Waals surface area contributed by atoms with Gasteiger partial charge in [0.2, 0.25) is 0 Å². The normalized spacial score (nSPS) is 18.3. The lowest BCUT2D eigenvalue weighted by atomic mass is 10.1. The molecule has 0 radical (unpaired) electrons. The van der Waals surface area contributed by atoms with E-state index in [-0.39, 0.29) is 11.8 Å². The zero-order chi connectivity index (χ0) is 11.5. The third kappa shape index (κ3) is 2.30. The molecule has 1 saturated heterocycles. The average molecular weight is 225 g/mol. The Bertz CT molecular complexity index is 336. The van der Waals surface area contributed by atoms with Crippen LogP contribution >= 0.6 is 0 Å². The van der Waals surface area contributed by atoms with Gasteiger partial charge in [-0.05, 0) is 13.0 Å². The van der Waals surface area contributed by atoms with E-state index in [0.717, 1.165) is 25.5 Å². The van der Waals surface area contributed by atoms with E-state index in [4.69, 9.17) is 9.94 Å². The number of anilines is 1. The number of aromatic nitrogens is 1. The van der Waals surface area contributed by atoms with Crippen molar-refractivity contribution in [1.82, 2.24) is 4.98 Å². The van der Waals surface area contributed by atoms with E-state index >= 15 is 0 Å². The fraction of sp³-hybridized carbons (Fsp3) is 0.500. The highest BCUT2D eigenvalue weighted by Crippen LogP contribution is 2.20. The van der Waals surface area contributed by atoms with Crippen LogP contribution in [0.15, 0.2) is 18.3 Å². The largest absolute Gasteiger partial charge is 0.595 e. The highest BCUT2D eigenvalue weighted by molar-refractivity contribution is 5.45. The summed E-state index contributed by atoms with van der Waals surface area (Å²) >= 11 is 0. The van der Waals surface area contributed by atoms with Gasteiger partial charge in [0.1, 0.15) is 5.82 Å². The second-order valence-electron chi connectivity index (χ2n) is 3.69. The highest BCUT2D eigenvalue weighted by Gasteiger charge is 2.27. The van der Waals surface area contributed by atoms with E-state index < -0.39 is 5.23 Å². The topological polar surface area (TPSA) is 73.1 Å². The average Bonchev–Trinajstić information content (AvgIpc) is 2.23. The minimum atomic E-state index is -0.949. The Morgan fingerprint density at radius 3 is 2.88 bits per heavy atom. The molecule has 0 spiro atoms. The molecule has 1 atom stereocenters. The standard InChI is InChI=1S/C10H15N3O3/c1-2-16-9-6-12(7-9)10-4-3-8(5-11-10)13(14)15/h3-5,9,13-14H,2,6-7H2,1H3. The first-order valence-corrected chi connectivity index (χ1v) is 5.26. The van der Waals surface area contributed by atoms with Crippen LogP contribution in [0.3, 0.4) is 0 Å². The molecule has 6 heteroatoms. The van der Waals surface area contributed by atoms with Crippen LogP contribution in [0.1, 0.15) is 6.92 Å². The number of hydrogen-bond acceptors (Lipinski definition) is 5. The minimum absolute atomic E-state index is 0.214. The molecule has 1 aliphatic heterocycles. The molecule has 16 heavy (non-hydrogen) atoms. The summed E-state index contributed by atoms with van der Waals surface area (Å²) in [6, 6.07) is 3.30. The predicted molar refractivity (Wildman–Crippen MR) is 57.6 cm³/mol. The third-order valence-electron chi connectivity index (χ3n) is 2.57. The van der Waals surface area contributed by atoms with Gasteiger partial charge < -0.3 is 14.8 Å². The second kappa shape index (κ2) is 4.75. The van der Waals surface area contributed by atoms with E-state index in [0.29, 0.717) is 0 Å². The lowest BCUT2D eigenvalue weighted by Gasteiger charge is -2.39. The van der Waals surface area contributed by atoms with Gasteiger partial charge in [-0.25, -0.2) is 10.2 Å². The second-order valence-corrected chi connectivity index (χ2v) is 3.69. The van der Waals surface area contributed by atoms with Crippen molar-refractivity contribution in [2.45, 2.75) is 13.0 Å². The van der Waals surface area contributed by atoms with Crippen LogP contribution in [0, 0.1) is 5.21 Å². The summed E-state index contributed by atoms with van der Waals surface area (Å²) in [5.41, 5.74) is 0.214. The van der Waals surface area contributed by atoms with Crippen LogP contribution in [-0.4, -0.2) is 36.0 Å². The summed E-state index contributed by atoms with van der Waals surface area (Å²) in [4.78, 5) is 6.17. The van der Waals surface area contributed by atoms with Crippen molar-refractivity contribution in [2.24, 2.45) is 0 Å². The zero-order valence-corrected chi connectivity index (χ0v) is 9.09. The maximum absolute atomic E-state index is 10.6. The maximum Gasteiger partial charge on any atom is 0.182 e. The first-order valence-electron chi connectivity index (χ1n) is 5.26. The molecule has 0 amide bonds. The molecule has 1 aliphatic rings. The first-order chi connectivity index (χ1) is 7.70. The molecule has 1 fully saturated rings. The van der Waals surface area contributed by atoms with E-state index in [1.807, 2.05) is 6.92 Å². The van der Waals surface area contributed by atoms with Gasteiger partial charge in [-0.15, -0.1) is 0 Å². The van der Waals surface area contributed by atoms with Crippen molar-refractivity contribution in [3.8, 4) is 0 Å². The number of pyridine rings is 1. The number of nitrogens with zero attached hydrogens (tertiary/aromatic N) is 2. The Morgan fingerprint density at radius 2 is 2.38 bits per heavy atom. The van der Waals surface area contributed by atoms with E-state index in [2.05, 4.69) is 9.88 Å². The summed E-state index contributed by atoms with van der Waals surface area (Å²) in [6.07, 6.45) is 1.66. The van der Waals surface area contributed by atoms with Crippen molar-refractivity contribution in [1.29, 1.82) is 0 Å². The number of hydrogen-bond donors (Lipinski definition) is 2. The quantitative estimate of drug-likeness (QED) is 0.689. The number of ether oxygens (including phenoxy) is 1. The molecule has 6 nitrogen and oxygen atoms in total. The van der Waals surface area contributed by atoms with E-state index in [1.54, 1.807) is 12.1 Å². The van der Waals surface area contributed by atoms with Crippen molar-refractivity contribution >= 4 is 11.5 Å². The molecule has 1 aromatic heterocycles. The Hall–Kier alpha value is -1.21. The molecule has 0 saturated carbocycles. The smallest absolute Gasteiger partial charge is 0.182 e. The van der Waals surface area contributed by atoms with Gasteiger partial charge in [0, 0.05) is 25.8 Å². The number of rotatable bonds is 4. The molecule has 0 aromatic carbocycles. The molecule has 0 bridgehead atoms. The van der Waals surface area contributed by atoms with Gasteiger partial charge in [-0.2, -0.15) is 5.23 Å². The lowest BCUT2D eigenvalue weighted by Crippen LogP contribution is -2.99. The van der Waals surface area contributed by atoms with Crippen LogP contribution in [-0.2, 0) is 4.74 Å². The fourth-order valence-electron chi connectivity index (χ4n) is 1.67. The monoisotopic (exact) mass is 225 g/mol. The zero-order valence-electron chi connectivity index (χ0n) is 9.09. The molecule has 1 aromatic rings. The number of nitrogens with one attached hydrogen (secondary N) is 1. The van der Waals surface area contributed by atoms with Gasteiger partial charge in [0.15, 0.2) is 5.69 Å². The minimum Gasteiger partial charge on any atom is -0.595 e. The van der Waals surface area contributed by atoms with Crippen molar-refractivity contribution in [2.75, 3.05) is 24.6 Å². The fourth-order valence-corrected chi connectivity index (χ4v) is 1.67. The SMILES string of the molecule is CCOC1CN(c2ccc([NH+]([O-])O)cn2)C1. The van der Waals surface area contributed by atoms with Gasteiger partial charge in [0.05, 0.1) is 12.3 Å². The Labute approximate surface area is 93.6 Å². The van der Waals surface area contributed by atoms with Gasteiger partial charge in [-0.1, -0.05) is 0 Å². The molecule has 1 unspecified atom stereocenters. The van der Waals surface area contributed by atoms with E-state index in [1.165, 1.54) is 6.20 Å². The Balaban J connectivity index is 1.92. The maximum atomic E-state index is 10.6. The third-order valence-corrected chi connectivity index (χ3v) is 2.57. The van der Waals surface area contributed by atoms with Crippen molar-refractivity contribution < 1.29 is 15.2 Å². The summed E-state index contributed by atoms with van der Waals surface area (Å²) < 4.78 is 5.43. The van der Waals surface area contributed by atoms with Crippen LogP contribution in [0.5, 0.6) is 0 Å². The first kappa shape index (κ1) is 11.3. The van der Waals surface area contributed by atoms with Gasteiger partial charge in [0.25, 0.3) is 0 Å². The molecule has 0 aliphatic carbocycles. The van der Waals surface area contributed by atoms with Crippen LogP contribution in [0.25, 0.3) is 0 Å². The van der Waals surface area contributed by atoms with Crippen LogP contribution in [0.2, 0.25) is 0 Å². The van der Waals surface area contributed by atoms with Crippen LogP contribution < -0.4 is 10.1 Å². The van der Waals surface area contributed by atoms with Crippen molar-refractivity contribution in [3.63, 3.8) is 0 Å². The highest BCUT2D eigenvalue weighted by atomic mass is 16.8. The van der Waals surface area contributed by atoms with Crippen molar-refractivity contribution in [3.05, 3.63) is 23.5 Å². The summed E-state index contributed by atoms with van der Waals surface area (Å²) in [5.74, 6) is 0.806. The molecular weight excluding hydrogens is 210 g/mol. The molecule has 2 N–H and O–H groups in total. The summed E-state index contributed by atoms with van der Waals surface area (Å²) in [7, 11) is 0. The lowest BCUT2D eigenvalue weighted by molar-refractivity contribution is -0.991. The number of quaternary nitrogens is 1. The predicted octanol–water partition coefficient (Wildman–Crippen LogP) is -0.290. The van der Waals surface area contributed by atoms with Gasteiger partial charge in [-0.3, -0.25) is 0 Å². The summed E-state index contributed by atoms with van der Waals surface area (Å²) in [5, 5.41) is 18.4. The Kier molecular flexibility index (Phi) is 3.35.